The van der Waals surface area contributed by atoms with Crippen LogP contribution in [-0.4, -0.2) is 74.2 Å². The van der Waals surface area contributed by atoms with Crippen molar-refractivity contribution in [2.75, 3.05) is 52.6 Å². The molecular weight excluding hydrogens is 260 g/mol. The standard InChI is InChI=1S/C14H22N2O4/c17-13(15-5-9-19-10-6-15)3-1-2-4-14(18)16-7-11-20-12-8-16/h1-2H,3-12H2/b2-1+. The number of ether oxygens (including phenoxy) is 2. The van der Waals surface area contributed by atoms with Gasteiger partial charge in [-0.1, -0.05) is 12.2 Å². The maximum absolute atomic E-state index is 11.9. The summed E-state index contributed by atoms with van der Waals surface area (Å²) < 4.78 is 10.4. The minimum Gasteiger partial charge on any atom is -0.378 e. The number of nitrogens with zero attached hydrogens (tertiary/aromatic N) is 2. The second-order valence-electron chi connectivity index (χ2n) is 4.87. The number of hydrogen-bond donors (Lipinski definition) is 0. The summed E-state index contributed by atoms with van der Waals surface area (Å²) in [4.78, 5) is 27.3. The Morgan fingerprint density at radius 2 is 1.10 bits per heavy atom. The minimum absolute atomic E-state index is 0.100. The van der Waals surface area contributed by atoms with E-state index in [1.54, 1.807) is 22.0 Å². The van der Waals surface area contributed by atoms with Crippen LogP contribution in [0.4, 0.5) is 0 Å². The average Bonchev–Trinajstić information content (AvgIpc) is 2.53. The van der Waals surface area contributed by atoms with E-state index in [2.05, 4.69) is 0 Å². The van der Waals surface area contributed by atoms with E-state index in [1.807, 2.05) is 0 Å². The molecule has 0 radical (unpaired) electrons. The van der Waals surface area contributed by atoms with Gasteiger partial charge in [-0.3, -0.25) is 9.59 Å². The van der Waals surface area contributed by atoms with Gasteiger partial charge in [0.15, 0.2) is 0 Å². The van der Waals surface area contributed by atoms with E-state index >= 15 is 0 Å². The Bertz CT molecular complexity index is 324. The van der Waals surface area contributed by atoms with Crippen molar-refractivity contribution in [1.29, 1.82) is 0 Å². The van der Waals surface area contributed by atoms with Crippen LogP contribution in [0.2, 0.25) is 0 Å². The zero-order valence-corrected chi connectivity index (χ0v) is 11.8. The third-order valence-corrected chi connectivity index (χ3v) is 3.48. The van der Waals surface area contributed by atoms with Crippen LogP contribution in [-0.2, 0) is 19.1 Å². The van der Waals surface area contributed by atoms with E-state index in [0.29, 0.717) is 65.4 Å². The van der Waals surface area contributed by atoms with Gasteiger partial charge >= 0.3 is 0 Å². The highest BCUT2D eigenvalue weighted by Gasteiger charge is 2.16. The van der Waals surface area contributed by atoms with E-state index in [1.165, 1.54) is 0 Å². The van der Waals surface area contributed by atoms with E-state index in [4.69, 9.17) is 9.47 Å². The molecule has 0 N–H and O–H groups in total. The molecule has 0 saturated carbocycles. The van der Waals surface area contributed by atoms with Crippen LogP contribution in [0.25, 0.3) is 0 Å². The molecule has 0 aromatic carbocycles. The molecule has 2 aliphatic heterocycles. The van der Waals surface area contributed by atoms with Gasteiger partial charge in [0.2, 0.25) is 11.8 Å². The van der Waals surface area contributed by atoms with Crippen LogP contribution in [0.5, 0.6) is 0 Å². The lowest BCUT2D eigenvalue weighted by Gasteiger charge is -2.26. The molecule has 6 nitrogen and oxygen atoms in total. The summed E-state index contributed by atoms with van der Waals surface area (Å²) in [5, 5.41) is 0. The first-order valence-corrected chi connectivity index (χ1v) is 7.13. The lowest BCUT2D eigenvalue weighted by atomic mass is 10.2. The lowest BCUT2D eigenvalue weighted by Crippen LogP contribution is -2.40. The fraction of sp³-hybridized carbons (Fsp3) is 0.714. The average molecular weight is 282 g/mol. The Kier molecular flexibility index (Phi) is 6.01. The summed E-state index contributed by atoms with van der Waals surface area (Å²) >= 11 is 0. The summed E-state index contributed by atoms with van der Waals surface area (Å²) in [6, 6.07) is 0. The van der Waals surface area contributed by atoms with Gasteiger partial charge in [-0.05, 0) is 0 Å². The maximum atomic E-state index is 11.9. The zero-order chi connectivity index (χ0) is 14.2. The first-order chi connectivity index (χ1) is 9.77. The number of morpholine rings is 2. The second-order valence-corrected chi connectivity index (χ2v) is 4.87. The smallest absolute Gasteiger partial charge is 0.226 e. The van der Waals surface area contributed by atoms with Crippen molar-refractivity contribution in [3.05, 3.63) is 12.2 Å². The van der Waals surface area contributed by atoms with Crippen LogP contribution in [0.3, 0.4) is 0 Å². The van der Waals surface area contributed by atoms with Gasteiger partial charge in [-0.15, -0.1) is 0 Å². The first-order valence-electron chi connectivity index (χ1n) is 7.13. The molecule has 0 aromatic heterocycles. The molecule has 112 valence electrons. The number of hydrogen-bond acceptors (Lipinski definition) is 4. The van der Waals surface area contributed by atoms with Crippen molar-refractivity contribution in [3.8, 4) is 0 Å². The van der Waals surface area contributed by atoms with Gasteiger partial charge in [-0.2, -0.15) is 0 Å². The Morgan fingerprint density at radius 3 is 1.45 bits per heavy atom. The molecule has 0 unspecified atom stereocenters. The highest BCUT2D eigenvalue weighted by Crippen LogP contribution is 2.03. The maximum Gasteiger partial charge on any atom is 0.226 e. The summed E-state index contributed by atoms with van der Waals surface area (Å²) in [6.07, 6.45) is 4.29. The van der Waals surface area contributed by atoms with E-state index in [0.717, 1.165) is 0 Å². The molecule has 2 rings (SSSR count). The highest BCUT2D eigenvalue weighted by atomic mass is 16.5. The Labute approximate surface area is 119 Å². The molecule has 2 fully saturated rings. The summed E-state index contributed by atoms with van der Waals surface area (Å²) in [5.41, 5.74) is 0. The second kappa shape index (κ2) is 8.01. The van der Waals surface area contributed by atoms with Crippen LogP contribution in [0, 0.1) is 0 Å². The zero-order valence-electron chi connectivity index (χ0n) is 11.8. The molecule has 2 aliphatic rings. The fourth-order valence-electron chi connectivity index (χ4n) is 2.25. The van der Waals surface area contributed by atoms with Gasteiger partial charge < -0.3 is 19.3 Å². The number of amides is 2. The topological polar surface area (TPSA) is 59.1 Å². The monoisotopic (exact) mass is 282 g/mol. The Morgan fingerprint density at radius 1 is 0.750 bits per heavy atom. The van der Waals surface area contributed by atoms with Crippen LogP contribution in [0.15, 0.2) is 12.2 Å². The van der Waals surface area contributed by atoms with Crippen molar-refractivity contribution in [2.24, 2.45) is 0 Å². The van der Waals surface area contributed by atoms with Crippen LogP contribution >= 0.6 is 0 Å². The van der Waals surface area contributed by atoms with Gasteiger partial charge in [-0.25, -0.2) is 0 Å². The quantitative estimate of drug-likeness (QED) is 0.683. The van der Waals surface area contributed by atoms with E-state index in [9.17, 15) is 9.59 Å². The van der Waals surface area contributed by atoms with Crippen LogP contribution in [0.1, 0.15) is 12.8 Å². The van der Waals surface area contributed by atoms with E-state index < -0.39 is 0 Å². The third-order valence-electron chi connectivity index (χ3n) is 3.48. The molecule has 2 amide bonds. The summed E-state index contributed by atoms with van der Waals surface area (Å²) in [7, 11) is 0. The van der Waals surface area contributed by atoms with Gasteiger partial charge in [0.25, 0.3) is 0 Å². The van der Waals surface area contributed by atoms with Gasteiger partial charge in [0, 0.05) is 39.0 Å². The normalized spacial score (nSPS) is 20.4. The molecule has 0 aliphatic carbocycles. The first kappa shape index (κ1) is 15.0. The van der Waals surface area contributed by atoms with Crippen molar-refractivity contribution in [1.82, 2.24) is 9.80 Å². The Balaban J connectivity index is 1.65. The summed E-state index contributed by atoms with van der Waals surface area (Å²) in [6.45, 7) is 5.13. The molecular formula is C14H22N2O4. The van der Waals surface area contributed by atoms with Crippen molar-refractivity contribution < 1.29 is 19.1 Å². The molecule has 0 aromatic rings. The van der Waals surface area contributed by atoms with Crippen molar-refractivity contribution >= 4 is 11.8 Å². The molecule has 2 saturated heterocycles. The molecule has 0 atom stereocenters. The highest BCUT2D eigenvalue weighted by molar-refractivity contribution is 5.79. The number of carbonyl (C=O) groups is 2. The molecule has 20 heavy (non-hydrogen) atoms. The number of rotatable bonds is 4. The third kappa shape index (κ3) is 4.61. The lowest BCUT2D eigenvalue weighted by molar-refractivity contribution is -0.135. The number of carbonyl (C=O) groups excluding carboxylic acids is 2. The van der Waals surface area contributed by atoms with Gasteiger partial charge in [0.1, 0.15) is 0 Å². The predicted molar refractivity (Wildman–Crippen MR) is 73.2 cm³/mol. The summed E-state index contributed by atoms with van der Waals surface area (Å²) in [5.74, 6) is 0.201. The fourth-order valence-corrected chi connectivity index (χ4v) is 2.25. The SMILES string of the molecule is O=C(C/C=C/CC(=O)N1CCOCC1)N1CCOCC1. The molecule has 0 spiro atoms. The van der Waals surface area contributed by atoms with Crippen molar-refractivity contribution in [3.63, 3.8) is 0 Å². The molecule has 2 heterocycles. The molecule has 6 heteroatoms. The minimum atomic E-state index is 0.100. The Hall–Kier alpha value is -1.40. The largest absolute Gasteiger partial charge is 0.378 e. The van der Waals surface area contributed by atoms with Crippen LogP contribution < -0.4 is 0 Å². The van der Waals surface area contributed by atoms with Gasteiger partial charge in [0.05, 0.1) is 26.4 Å². The molecule has 0 bridgehead atoms. The van der Waals surface area contributed by atoms with Crippen molar-refractivity contribution in [2.45, 2.75) is 12.8 Å². The predicted octanol–water partition coefficient (Wildman–Crippen LogP) is 0.0404. The van der Waals surface area contributed by atoms with E-state index in [-0.39, 0.29) is 11.8 Å².